The number of rotatable bonds is 14. The zero-order chi connectivity index (χ0) is 31.7. The minimum absolute atomic E-state index is 0.152. The number of aryl methyl sites for hydroxylation is 2. The predicted octanol–water partition coefficient (Wildman–Crippen LogP) is 4.42. The molecule has 0 aliphatic rings. The molecule has 1 heterocycles. The summed E-state index contributed by atoms with van der Waals surface area (Å²) in [5, 5.41) is 6.51. The molecule has 0 aliphatic heterocycles. The number of nitrogens with zero attached hydrogens (tertiary/aromatic N) is 2. The zero-order valence-corrected chi connectivity index (χ0v) is 26.5. The molecule has 0 radical (unpaired) electrons. The number of unbranched alkanes of at least 4 members (excludes halogenated alkanes) is 1. The molecule has 3 rings (SSSR count). The lowest BCUT2D eigenvalue weighted by atomic mass is 9.96. The summed E-state index contributed by atoms with van der Waals surface area (Å²) in [7, 11) is -2.30. The second-order valence-corrected chi connectivity index (χ2v) is 12.9. The van der Waals surface area contributed by atoms with Gasteiger partial charge in [0.05, 0.1) is 11.9 Å². The molecule has 232 valence electrons. The summed E-state index contributed by atoms with van der Waals surface area (Å²) in [5.74, 6) is -1.66. The highest BCUT2D eigenvalue weighted by molar-refractivity contribution is 7.90. The third-order valence-corrected chi connectivity index (χ3v) is 8.82. The summed E-state index contributed by atoms with van der Waals surface area (Å²) < 4.78 is 32.3. The second-order valence-electron chi connectivity index (χ2n) is 11.1. The van der Waals surface area contributed by atoms with Gasteiger partial charge >= 0.3 is 0 Å². The number of hydrogen-bond donors (Lipinski definition) is 2. The van der Waals surface area contributed by atoms with Gasteiger partial charge in [-0.3, -0.25) is 19.1 Å². The van der Waals surface area contributed by atoms with Crippen LogP contribution in [0.5, 0.6) is 0 Å². The molecule has 3 unspecified atom stereocenters. The average molecular weight is 611 g/mol. The first-order chi connectivity index (χ1) is 20.3. The van der Waals surface area contributed by atoms with Crippen molar-refractivity contribution in [2.75, 3.05) is 12.8 Å². The van der Waals surface area contributed by atoms with Gasteiger partial charge in [0.2, 0.25) is 15.9 Å². The number of amides is 3. The molecule has 0 saturated heterocycles. The number of aromatic nitrogens is 1. The summed E-state index contributed by atoms with van der Waals surface area (Å²) in [6.45, 7) is 9.27. The van der Waals surface area contributed by atoms with Gasteiger partial charge in [-0.2, -0.15) is 0 Å². The SMILES string of the molecule is CCCCS(=O)(=O)NC(=O)C(NC(=O)C(Cc1ccc(-c2ccno2)cc1)N(C)C(=O)c1cc(C)cc(C)c1)C(C)CC. The van der Waals surface area contributed by atoms with Crippen LogP contribution in [0.15, 0.2) is 59.3 Å². The van der Waals surface area contributed by atoms with E-state index in [1.165, 1.54) is 4.90 Å². The Morgan fingerprint density at radius 2 is 1.63 bits per heavy atom. The Morgan fingerprint density at radius 3 is 2.19 bits per heavy atom. The van der Waals surface area contributed by atoms with Gasteiger partial charge in [0.15, 0.2) is 5.76 Å². The van der Waals surface area contributed by atoms with Crippen LogP contribution in [0.4, 0.5) is 0 Å². The molecule has 11 heteroatoms. The van der Waals surface area contributed by atoms with Crippen molar-refractivity contribution in [2.24, 2.45) is 5.92 Å². The minimum Gasteiger partial charge on any atom is -0.356 e. The number of benzene rings is 2. The van der Waals surface area contributed by atoms with Crippen molar-refractivity contribution in [3.8, 4) is 11.3 Å². The quantitative estimate of drug-likeness (QED) is 0.276. The summed E-state index contributed by atoms with van der Waals surface area (Å²) >= 11 is 0. The Hall–Kier alpha value is -3.99. The summed E-state index contributed by atoms with van der Waals surface area (Å²) in [4.78, 5) is 42.1. The van der Waals surface area contributed by atoms with Gasteiger partial charge in [-0.25, -0.2) is 8.42 Å². The standard InChI is InChI=1S/C32H42N4O6S/c1-7-9-16-43(40,41)35-31(38)29(23(5)8-2)34-30(37)27(36(6)32(39)26-18-21(3)17-22(4)19-26)20-24-10-12-25(13-11-24)28-14-15-33-42-28/h10-15,17-19,23,27,29H,7-9,16,20H2,1-6H3,(H,34,37)(H,35,38). The first kappa shape index (κ1) is 33.5. The van der Waals surface area contributed by atoms with Gasteiger partial charge in [-0.1, -0.05) is 80.2 Å². The smallest absolute Gasteiger partial charge is 0.256 e. The molecular formula is C32H42N4O6S. The molecule has 3 aromatic rings. The van der Waals surface area contributed by atoms with E-state index in [1.807, 2.05) is 58.0 Å². The highest BCUT2D eigenvalue weighted by Crippen LogP contribution is 2.21. The fraction of sp³-hybridized carbons (Fsp3) is 0.438. The molecule has 0 spiro atoms. The molecule has 10 nitrogen and oxygen atoms in total. The van der Waals surface area contributed by atoms with Crippen LogP contribution in [-0.4, -0.2) is 61.1 Å². The lowest BCUT2D eigenvalue weighted by Gasteiger charge is -2.31. The number of hydrogen-bond acceptors (Lipinski definition) is 7. The molecule has 0 fully saturated rings. The van der Waals surface area contributed by atoms with Crippen molar-refractivity contribution in [3.05, 3.63) is 77.0 Å². The van der Waals surface area contributed by atoms with E-state index in [1.54, 1.807) is 38.4 Å². The number of likely N-dealkylation sites (N-methyl/N-ethyl adjacent to an activating group) is 1. The lowest BCUT2D eigenvalue weighted by Crippen LogP contribution is -2.57. The monoisotopic (exact) mass is 610 g/mol. The van der Waals surface area contributed by atoms with E-state index in [0.717, 1.165) is 22.3 Å². The molecular weight excluding hydrogens is 568 g/mol. The molecule has 0 bridgehead atoms. The highest BCUT2D eigenvalue weighted by Gasteiger charge is 2.34. The summed E-state index contributed by atoms with van der Waals surface area (Å²) in [6, 6.07) is 12.5. The predicted molar refractivity (Wildman–Crippen MR) is 166 cm³/mol. The van der Waals surface area contributed by atoms with E-state index in [2.05, 4.69) is 15.2 Å². The van der Waals surface area contributed by atoms with E-state index in [9.17, 15) is 22.8 Å². The van der Waals surface area contributed by atoms with Crippen molar-refractivity contribution in [1.29, 1.82) is 0 Å². The van der Waals surface area contributed by atoms with Crippen LogP contribution in [0.2, 0.25) is 0 Å². The largest absolute Gasteiger partial charge is 0.356 e. The third-order valence-electron chi connectivity index (χ3n) is 7.48. The molecule has 1 aromatic heterocycles. The third kappa shape index (κ3) is 9.25. The van der Waals surface area contributed by atoms with Crippen molar-refractivity contribution >= 4 is 27.7 Å². The molecule has 3 amide bonds. The van der Waals surface area contributed by atoms with Gasteiger partial charge < -0.3 is 14.7 Å². The molecule has 3 atom stereocenters. The molecule has 0 saturated carbocycles. The zero-order valence-electron chi connectivity index (χ0n) is 25.7. The Balaban J connectivity index is 1.92. The number of carbonyl (C=O) groups excluding carboxylic acids is 3. The van der Waals surface area contributed by atoms with Gasteiger partial charge in [0, 0.05) is 30.7 Å². The number of nitrogens with one attached hydrogen (secondary N) is 2. The van der Waals surface area contributed by atoms with Crippen molar-refractivity contribution in [2.45, 2.75) is 72.4 Å². The topological polar surface area (TPSA) is 139 Å². The highest BCUT2D eigenvalue weighted by atomic mass is 32.2. The van der Waals surface area contributed by atoms with Crippen molar-refractivity contribution in [3.63, 3.8) is 0 Å². The molecule has 2 N–H and O–H groups in total. The normalized spacial score (nSPS) is 13.5. The van der Waals surface area contributed by atoms with Gasteiger partial charge in [-0.15, -0.1) is 0 Å². The van der Waals surface area contributed by atoms with Crippen LogP contribution in [0.25, 0.3) is 11.3 Å². The van der Waals surface area contributed by atoms with Crippen LogP contribution in [-0.2, 0) is 26.0 Å². The maximum atomic E-state index is 13.9. The Morgan fingerprint density at radius 1 is 0.977 bits per heavy atom. The molecule has 43 heavy (non-hydrogen) atoms. The Kier molecular flexibility index (Phi) is 11.7. The number of carbonyl (C=O) groups is 3. The summed E-state index contributed by atoms with van der Waals surface area (Å²) in [5.41, 5.74) is 3.85. The van der Waals surface area contributed by atoms with E-state index >= 15 is 0 Å². The van der Waals surface area contributed by atoms with Gasteiger partial charge in [-0.05, 0) is 43.9 Å². The van der Waals surface area contributed by atoms with E-state index < -0.39 is 33.9 Å². The van der Waals surface area contributed by atoms with E-state index in [4.69, 9.17) is 4.52 Å². The van der Waals surface area contributed by atoms with E-state index in [-0.39, 0.29) is 24.0 Å². The van der Waals surface area contributed by atoms with Crippen LogP contribution >= 0.6 is 0 Å². The Labute approximate surface area is 254 Å². The van der Waals surface area contributed by atoms with Crippen LogP contribution in [0.3, 0.4) is 0 Å². The van der Waals surface area contributed by atoms with Gasteiger partial charge in [0.25, 0.3) is 11.8 Å². The van der Waals surface area contributed by atoms with Crippen LogP contribution in [0.1, 0.15) is 67.1 Å². The van der Waals surface area contributed by atoms with Crippen molar-refractivity contribution in [1.82, 2.24) is 20.1 Å². The maximum Gasteiger partial charge on any atom is 0.256 e. The van der Waals surface area contributed by atoms with Gasteiger partial charge in [0.1, 0.15) is 12.1 Å². The number of sulfonamides is 1. The van der Waals surface area contributed by atoms with Crippen LogP contribution < -0.4 is 10.0 Å². The lowest BCUT2D eigenvalue weighted by molar-refractivity contribution is -0.131. The Bertz CT molecular complexity index is 1480. The first-order valence-corrected chi connectivity index (χ1v) is 16.2. The fourth-order valence-electron chi connectivity index (χ4n) is 4.80. The second kappa shape index (κ2) is 15.0. The first-order valence-electron chi connectivity index (χ1n) is 14.5. The fourth-order valence-corrected chi connectivity index (χ4v) is 6.00. The summed E-state index contributed by atoms with van der Waals surface area (Å²) in [6.07, 6.45) is 3.28. The average Bonchev–Trinajstić information content (AvgIpc) is 3.51. The molecule has 2 aromatic carbocycles. The van der Waals surface area contributed by atoms with Crippen LogP contribution in [0, 0.1) is 19.8 Å². The van der Waals surface area contributed by atoms with Crippen molar-refractivity contribution < 1.29 is 27.3 Å². The maximum absolute atomic E-state index is 13.9. The minimum atomic E-state index is -3.86. The van der Waals surface area contributed by atoms with E-state index in [0.29, 0.717) is 30.6 Å². The molecule has 0 aliphatic carbocycles.